The van der Waals surface area contributed by atoms with Gasteiger partial charge in [-0.2, -0.15) is 0 Å². The molecule has 0 saturated carbocycles. The molecule has 1 N–H and O–H groups in total. The van der Waals surface area contributed by atoms with Gasteiger partial charge in [-0.3, -0.25) is 9.69 Å². The SMILES string of the molecule is O=C(O)CN(Cc1cccc(Cl)c1)C1CCS(=O)(=O)C1. The first kappa shape index (κ1) is 15.3. The fourth-order valence-electron chi connectivity index (χ4n) is 2.42. The lowest BCUT2D eigenvalue weighted by molar-refractivity contribution is -0.139. The van der Waals surface area contributed by atoms with E-state index >= 15 is 0 Å². The summed E-state index contributed by atoms with van der Waals surface area (Å²) >= 11 is 5.91. The van der Waals surface area contributed by atoms with Crippen molar-refractivity contribution < 1.29 is 18.3 Å². The van der Waals surface area contributed by atoms with Crippen molar-refractivity contribution in [2.24, 2.45) is 0 Å². The van der Waals surface area contributed by atoms with Crippen LogP contribution in [-0.2, 0) is 21.2 Å². The maximum Gasteiger partial charge on any atom is 0.317 e. The summed E-state index contributed by atoms with van der Waals surface area (Å²) in [5.41, 5.74) is 0.878. The Morgan fingerprint density at radius 1 is 1.45 bits per heavy atom. The number of carboxylic acid groups (broad SMARTS) is 1. The van der Waals surface area contributed by atoms with Crippen molar-refractivity contribution >= 4 is 27.4 Å². The molecule has 1 heterocycles. The molecule has 1 aliphatic rings. The second kappa shape index (κ2) is 6.11. The molecular formula is C13H16ClNO4S. The molecule has 1 aromatic carbocycles. The fourth-order valence-corrected chi connectivity index (χ4v) is 4.40. The summed E-state index contributed by atoms with van der Waals surface area (Å²) in [6.45, 7) is 0.208. The van der Waals surface area contributed by atoms with Gasteiger partial charge in [0.05, 0.1) is 18.1 Å². The average Bonchev–Trinajstić information content (AvgIpc) is 2.68. The third-order valence-electron chi connectivity index (χ3n) is 3.34. The molecule has 1 aliphatic heterocycles. The number of hydrogen-bond donors (Lipinski definition) is 1. The Balaban J connectivity index is 2.14. The number of nitrogens with zero attached hydrogens (tertiary/aromatic N) is 1. The Kier molecular flexibility index (Phi) is 4.67. The molecule has 0 amide bonds. The maximum atomic E-state index is 11.5. The summed E-state index contributed by atoms with van der Waals surface area (Å²) < 4.78 is 23.1. The first-order valence-electron chi connectivity index (χ1n) is 6.26. The number of carbonyl (C=O) groups is 1. The van der Waals surface area contributed by atoms with E-state index in [1.807, 2.05) is 6.07 Å². The minimum absolute atomic E-state index is 0.0286. The Morgan fingerprint density at radius 2 is 2.20 bits per heavy atom. The van der Waals surface area contributed by atoms with Gasteiger partial charge in [-0.25, -0.2) is 8.42 Å². The average molecular weight is 318 g/mol. The second-order valence-electron chi connectivity index (χ2n) is 4.99. The Morgan fingerprint density at radius 3 is 2.75 bits per heavy atom. The third kappa shape index (κ3) is 4.19. The Bertz CT molecular complexity index is 602. The minimum atomic E-state index is -3.04. The van der Waals surface area contributed by atoms with E-state index < -0.39 is 15.8 Å². The van der Waals surface area contributed by atoms with Crippen LogP contribution < -0.4 is 0 Å². The molecule has 20 heavy (non-hydrogen) atoms. The lowest BCUT2D eigenvalue weighted by atomic mass is 10.1. The zero-order valence-electron chi connectivity index (χ0n) is 10.8. The van der Waals surface area contributed by atoms with Crippen LogP contribution in [0.2, 0.25) is 5.02 Å². The summed E-state index contributed by atoms with van der Waals surface area (Å²) in [6.07, 6.45) is 0.482. The number of sulfone groups is 1. The lowest BCUT2D eigenvalue weighted by Gasteiger charge is -2.26. The molecule has 2 rings (SSSR count). The molecule has 1 unspecified atom stereocenters. The van der Waals surface area contributed by atoms with Gasteiger partial charge in [-0.15, -0.1) is 0 Å². The number of aliphatic carboxylic acids is 1. The van der Waals surface area contributed by atoms with Crippen molar-refractivity contribution in [3.05, 3.63) is 34.9 Å². The number of benzene rings is 1. The molecule has 1 atom stereocenters. The van der Waals surface area contributed by atoms with Crippen LogP contribution in [-0.4, -0.2) is 48.5 Å². The van der Waals surface area contributed by atoms with Crippen molar-refractivity contribution in [1.82, 2.24) is 4.90 Å². The largest absolute Gasteiger partial charge is 0.480 e. The fraction of sp³-hybridized carbons (Fsp3) is 0.462. The molecule has 0 bridgehead atoms. The summed E-state index contributed by atoms with van der Waals surface area (Å²) in [4.78, 5) is 12.7. The van der Waals surface area contributed by atoms with E-state index in [0.29, 0.717) is 18.0 Å². The van der Waals surface area contributed by atoms with Crippen LogP contribution in [0.5, 0.6) is 0 Å². The van der Waals surface area contributed by atoms with E-state index in [1.165, 1.54) is 0 Å². The normalized spacial score (nSPS) is 21.2. The van der Waals surface area contributed by atoms with Gasteiger partial charge in [-0.05, 0) is 24.1 Å². The van der Waals surface area contributed by atoms with Crippen LogP contribution in [0.1, 0.15) is 12.0 Å². The van der Waals surface area contributed by atoms with Crippen molar-refractivity contribution in [1.29, 1.82) is 0 Å². The number of rotatable bonds is 5. The predicted molar refractivity (Wildman–Crippen MR) is 76.6 cm³/mol. The van der Waals surface area contributed by atoms with Crippen LogP contribution in [0.15, 0.2) is 24.3 Å². The summed E-state index contributed by atoms with van der Waals surface area (Å²) in [5.74, 6) is -0.805. The van der Waals surface area contributed by atoms with Crippen LogP contribution >= 0.6 is 11.6 Å². The third-order valence-corrected chi connectivity index (χ3v) is 5.32. The summed E-state index contributed by atoms with van der Waals surface area (Å²) in [7, 11) is -3.04. The van der Waals surface area contributed by atoms with Gasteiger partial charge in [0.25, 0.3) is 0 Å². The van der Waals surface area contributed by atoms with Crippen LogP contribution in [0.4, 0.5) is 0 Å². The Hall–Kier alpha value is -1.11. The van der Waals surface area contributed by atoms with Gasteiger partial charge >= 0.3 is 5.97 Å². The number of halogens is 1. The van der Waals surface area contributed by atoms with E-state index in [4.69, 9.17) is 16.7 Å². The summed E-state index contributed by atoms with van der Waals surface area (Å²) in [6, 6.07) is 6.91. The van der Waals surface area contributed by atoms with Gasteiger partial charge in [0, 0.05) is 17.6 Å². The van der Waals surface area contributed by atoms with E-state index in [2.05, 4.69) is 0 Å². The molecule has 7 heteroatoms. The summed E-state index contributed by atoms with van der Waals surface area (Å²) in [5, 5.41) is 9.57. The quantitative estimate of drug-likeness (QED) is 0.889. The predicted octanol–water partition coefficient (Wildman–Crippen LogP) is 1.41. The van der Waals surface area contributed by atoms with E-state index in [-0.39, 0.29) is 24.1 Å². The standard InChI is InChI=1S/C13H16ClNO4S/c14-11-3-1-2-10(6-11)7-15(8-13(16)17)12-4-5-20(18,19)9-12/h1-3,6,12H,4-5,7-9H2,(H,16,17). The van der Waals surface area contributed by atoms with Gasteiger partial charge in [0.15, 0.2) is 9.84 Å². The molecule has 0 radical (unpaired) electrons. The number of carboxylic acids is 1. The molecule has 0 aromatic heterocycles. The van der Waals surface area contributed by atoms with E-state index in [9.17, 15) is 13.2 Å². The van der Waals surface area contributed by atoms with Crippen molar-refractivity contribution in [2.45, 2.75) is 19.0 Å². The zero-order chi connectivity index (χ0) is 14.8. The first-order valence-corrected chi connectivity index (χ1v) is 8.46. The highest BCUT2D eigenvalue weighted by molar-refractivity contribution is 7.91. The highest BCUT2D eigenvalue weighted by atomic mass is 35.5. The smallest absolute Gasteiger partial charge is 0.317 e. The molecule has 5 nitrogen and oxygen atoms in total. The zero-order valence-corrected chi connectivity index (χ0v) is 12.4. The molecule has 0 spiro atoms. The van der Waals surface area contributed by atoms with Gasteiger partial charge in [-0.1, -0.05) is 23.7 Å². The maximum absolute atomic E-state index is 11.5. The van der Waals surface area contributed by atoms with E-state index in [0.717, 1.165) is 5.56 Å². The van der Waals surface area contributed by atoms with Crippen molar-refractivity contribution in [3.8, 4) is 0 Å². The highest BCUT2D eigenvalue weighted by Gasteiger charge is 2.33. The van der Waals surface area contributed by atoms with Gasteiger partial charge in [0.2, 0.25) is 0 Å². The van der Waals surface area contributed by atoms with Gasteiger partial charge in [0.1, 0.15) is 0 Å². The minimum Gasteiger partial charge on any atom is -0.480 e. The van der Waals surface area contributed by atoms with Crippen molar-refractivity contribution in [3.63, 3.8) is 0 Å². The Labute approximate surface area is 123 Å². The highest BCUT2D eigenvalue weighted by Crippen LogP contribution is 2.21. The molecule has 1 aromatic rings. The topological polar surface area (TPSA) is 74.7 Å². The van der Waals surface area contributed by atoms with Crippen LogP contribution in [0.25, 0.3) is 0 Å². The second-order valence-corrected chi connectivity index (χ2v) is 7.65. The molecule has 110 valence electrons. The monoisotopic (exact) mass is 317 g/mol. The first-order chi connectivity index (χ1) is 9.35. The molecule has 1 saturated heterocycles. The lowest BCUT2D eigenvalue weighted by Crippen LogP contribution is -2.39. The number of hydrogen-bond acceptors (Lipinski definition) is 4. The van der Waals surface area contributed by atoms with E-state index in [1.54, 1.807) is 23.1 Å². The molecule has 0 aliphatic carbocycles. The van der Waals surface area contributed by atoms with Crippen LogP contribution in [0, 0.1) is 0 Å². The van der Waals surface area contributed by atoms with Crippen molar-refractivity contribution in [2.75, 3.05) is 18.1 Å². The molecule has 1 fully saturated rings. The van der Waals surface area contributed by atoms with Gasteiger partial charge < -0.3 is 5.11 Å². The van der Waals surface area contributed by atoms with Crippen LogP contribution in [0.3, 0.4) is 0 Å². The molecular weight excluding hydrogens is 302 g/mol.